The highest BCUT2D eigenvalue weighted by molar-refractivity contribution is 7.08. The van der Waals surface area contributed by atoms with E-state index in [9.17, 15) is 4.79 Å². The standard InChI is InChI=1S/C19H17NO3S/c1-22-11-16(19(21)23-2)17-12-24-18-9-8-14(10-15(17)18)20-13-6-4-3-5-7-13/h3-7,9-12H,8H2,1-2H3. The zero-order valence-electron chi connectivity index (χ0n) is 13.5. The van der Waals surface area contributed by atoms with Crippen LogP contribution in [0.15, 0.2) is 47.0 Å². The quantitative estimate of drug-likeness (QED) is 0.489. The van der Waals surface area contributed by atoms with Gasteiger partial charge in [-0.15, -0.1) is 11.3 Å². The van der Waals surface area contributed by atoms with E-state index >= 15 is 0 Å². The predicted molar refractivity (Wildman–Crippen MR) is 97.7 cm³/mol. The van der Waals surface area contributed by atoms with E-state index in [2.05, 4.69) is 11.1 Å². The molecule has 0 aliphatic heterocycles. The van der Waals surface area contributed by atoms with Gasteiger partial charge in [-0.25, -0.2) is 4.79 Å². The minimum Gasteiger partial charge on any atom is -0.503 e. The molecule has 0 amide bonds. The molecule has 4 nitrogen and oxygen atoms in total. The van der Waals surface area contributed by atoms with E-state index in [1.54, 1.807) is 11.3 Å². The zero-order valence-corrected chi connectivity index (χ0v) is 14.3. The molecule has 0 radical (unpaired) electrons. The number of nitrogens with zero attached hydrogens (tertiary/aromatic N) is 1. The third kappa shape index (κ3) is 3.31. The number of carbonyl (C=O) groups excluding carboxylic acids is 1. The smallest absolute Gasteiger partial charge is 0.341 e. The molecule has 0 unspecified atom stereocenters. The topological polar surface area (TPSA) is 47.9 Å². The fourth-order valence-electron chi connectivity index (χ4n) is 2.52. The Hall–Kier alpha value is -2.66. The van der Waals surface area contributed by atoms with Crippen molar-refractivity contribution in [3.63, 3.8) is 0 Å². The van der Waals surface area contributed by atoms with Crippen molar-refractivity contribution < 1.29 is 14.3 Å². The molecule has 3 rings (SSSR count). The van der Waals surface area contributed by atoms with Crippen LogP contribution in [0.25, 0.3) is 17.7 Å². The van der Waals surface area contributed by atoms with Crippen molar-refractivity contribution in [3.8, 4) is 0 Å². The van der Waals surface area contributed by atoms with Crippen LogP contribution < -0.4 is 9.75 Å². The first-order valence-electron chi connectivity index (χ1n) is 7.46. The van der Waals surface area contributed by atoms with Crippen molar-refractivity contribution in [2.75, 3.05) is 14.2 Å². The summed E-state index contributed by atoms with van der Waals surface area (Å²) >= 11 is 1.60. The summed E-state index contributed by atoms with van der Waals surface area (Å²) in [5, 5.41) is 2.93. The van der Waals surface area contributed by atoms with E-state index in [-0.39, 0.29) is 0 Å². The molecule has 0 saturated carbocycles. The minimum absolute atomic E-state index is 0.406. The molecule has 1 aliphatic rings. The summed E-state index contributed by atoms with van der Waals surface area (Å²) in [5.41, 5.74) is 3.08. The number of methoxy groups -OCH3 is 2. The first-order chi connectivity index (χ1) is 11.7. The van der Waals surface area contributed by atoms with Crippen LogP contribution in [0.3, 0.4) is 0 Å². The lowest BCUT2D eigenvalue weighted by molar-refractivity contribution is -0.133. The van der Waals surface area contributed by atoms with E-state index in [1.807, 2.05) is 41.8 Å². The van der Waals surface area contributed by atoms with Crippen LogP contribution >= 0.6 is 11.3 Å². The maximum absolute atomic E-state index is 12.0. The normalized spacial score (nSPS) is 15.2. The SMILES string of the molecule is COC=C(C(=O)OC)c1csc2c1=CC(=Nc1ccccc1)CC=2. The second kappa shape index (κ2) is 7.27. The predicted octanol–water partition coefficient (Wildman–Crippen LogP) is 2.65. The molecule has 0 fully saturated rings. The van der Waals surface area contributed by atoms with Gasteiger partial charge in [-0.2, -0.15) is 0 Å². The monoisotopic (exact) mass is 339 g/mol. The number of esters is 1. The number of aliphatic imine (C=N–C) groups is 1. The number of thiophene rings is 1. The molecule has 122 valence electrons. The van der Waals surface area contributed by atoms with Crippen LogP contribution in [-0.2, 0) is 14.3 Å². The Morgan fingerprint density at radius 1 is 1.25 bits per heavy atom. The molecular formula is C19H17NO3S. The lowest BCUT2D eigenvalue weighted by atomic mass is 10.0. The van der Waals surface area contributed by atoms with Crippen LogP contribution in [0.5, 0.6) is 0 Å². The molecule has 24 heavy (non-hydrogen) atoms. The second-order valence-electron chi connectivity index (χ2n) is 5.18. The number of hydrogen-bond donors (Lipinski definition) is 0. The van der Waals surface area contributed by atoms with Crippen molar-refractivity contribution in [2.24, 2.45) is 4.99 Å². The molecule has 0 bridgehead atoms. The van der Waals surface area contributed by atoms with E-state index in [1.165, 1.54) is 20.5 Å². The Bertz CT molecular complexity index is 923. The fourth-order valence-corrected chi connectivity index (χ4v) is 3.49. The molecule has 0 spiro atoms. The van der Waals surface area contributed by atoms with Crippen molar-refractivity contribution in [2.45, 2.75) is 6.42 Å². The van der Waals surface area contributed by atoms with Gasteiger partial charge in [0.25, 0.3) is 0 Å². The molecule has 1 aromatic carbocycles. The van der Waals surface area contributed by atoms with Gasteiger partial charge in [0, 0.05) is 32.8 Å². The number of ether oxygens (including phenoxy) is 2. The summed E-state index contributed by atoms with van der Waals surface area (Å²) in [5.74, 6) is -0.419. The van der Waals surface area contributed by atoms with E-state index in [0.29, 0.717) is 5.57 Å². The van der Waals surface area contributed by atoms with Crippen molar-refractivity contribution in [3.05, 3.63) is 57.3 Å². The van der Waals surface area contributed by atoms with Gasteiger partial charge in [-0.3, -0.25) is 4.99 Å². The van der Waals surface area contributed by atoms with Gasteiger partial charge in [0.1, 0.15) is 5.57 Å². The molecule has 1 aliphatic carbocycles. The number of benzene rings is 1. The zero-order chi connectivity index (χ0) is 16.9. The highest BCUT2D eigenvalue weighted by atomic mass is 32.1. The van der Waals surface area contributed by atoms with Gasteiger partial charge in [-0.1, -0.05) is 24.3 Å². The van der Waals surface area contributed by atoms with Gasteiger partial charge in [0.05, 0.1) is 26.2 Å². The Kier molecular flexibility index (Phi) is 4.91. The Labute approximate surface area is 144 Å². The van der Waals surface area contributed by atoms with Crippen LogP contribution in [-0.4, -0.2) is 25.9 Å². The highest BCUT2D eigenvalue weighted by Gasteiger charge is 2.17. The Morgan fingerprint density at radius 2 is 2.04 bits per heavy atom. The average Bonchev–Trinajstić information content (AvgIpc) is 3.03. The fraction of sp³-hybridized carbons (Fsp3) is 0.158. The van der Waals surface area contributed by atoms with Crippen LogP contribution in [0.1, 0.15) is 12.0 Å². The van der Waals surface area contributed by atoms with Gasteiger partial charge in [-0.05, 0) is 18.2 Å². The molecular weight excluding hydrogens is 322 g/mol. The molecule has 1 heterocycles. The second-order valence-corrected chi connectivity index (χ2v) is 6.09. The number of hydrogen-bond acceptors (Lipinski definition) is 5. The lowest BCUT2D eigenvalue weighted by Gasteiger charge is -2.06. The Balaban J connectivity index is 2.09. The van der Waals surface area contributed by atoms with Crippen LogP contribution in [0.4, 0.5) is 5.69 Å². The number of carbonyl (C=O) groups is 1. The van der Waals surface area contributed by atoms with Crippen molar-refractivity contribution >= 4 is 46.4 Å². The molecule has 1 aromatic heterocycles. The van der Waals surface area contributed by atoms with E-state index in [4.69, 9.17) is 9.47 Å². The minimum atomic E-state index is -0.419. The third-order valence-electron chi connectivity index (χ3n) is 3.63. The summed E-state index contributed by atoms with van der Waals surface area (Å²) in [6, 6.07) is 9.83. The average molecular weight is 339 g/mol. The summed E-state index contributed by atoms with van der Waals surface area (Å²) in [6.45, 7) is 0. The van der Waals surface area contributed by atoms with Gasteiger partial charge in [0.2, 0.25) is 0 Å². The summed E-state index contributed by atoms with van der Waals surface area (Å²) in [6.07, 6.45) is 6.35. The molecule has 0 atom stereocenters. The van der Waals surface area contributed by atoms with Crippen molar-refractivity contribution in [1.82, 2.24) is 0 Å². The first kappa shape index (κ1) is 16.2. The van der Waals surface area contributed by atoms with Crippen LogP contribution in [0, 0.1) is 0 Å². The van der Waals surface area contributed by atoms with E-state index in [0.717, 1.165) is 33.1 Å². The van der Waals surface area contributed by atoms with Gasteiger partial charge in [0.15, 0.2) is 0 Å². The number of para-hydroxylation sites is 1. The van der Waals surface area contributed by atoms with Gasteiger partial charge < -0.3 is 9.47 Å². The summed E-state index contributed by atoms with van der Waals surface area (Å²) < 4.78 is 11.0. The van der Waals surface area contributed by atoms with Crippen molar-refractivity contribution in [1.29, 1.82) is 0 Å². The maximum atomic E-state index is 12.0. The number of rotatable bonds is 4. The lowest BCUT2D eigenvalue weighted by Crippen LogP contribution is -2.28. The van der Waals surface area contributed by atoms with Gasteiger partial charge >= 0.3 is 5.97 Å². The molecule has 2 aromatic rings. The van der Waals surface area contributed by atoms with Crippen LogP contribution in [0.2, 0.25) is 0 Å². The number of fused-ring (bicyclic) bond motifs is 1. The molecule has 5 heteroatoms. The first-order valence-corrected chi connectivity index (χ1v) is 8.34. The molecule has 0 saturated heterocycles. The third-order valence-corrected chi connectivity index (χ3v) is 4.62. The summed E-state index contributed by atoms with van der Waals surface area (Å²) in [7, 11) is 2.88. The molecule has 0 N–H and O–H groups in total. The Morgan fingerprint density at radius 3 is 2.75 bits per heavy atom. The summed E-state index contributed by atoms with van der Waals surface area (Å²) in [4.78, 5) is 16.7. The van der Waals surface area contributed by atoms with E-state index < -0.39 is 5.97 Å². The maximum Gasteiger partial charge on any atom is 0.341 e. The highest BCUT2D eigenvalue weighted by Crippen LogP contribution is 2.16. The largest absolute Gasteiger partial charge is 0.503 e.